The summed E-state index contributed by atoms with van der Waals surface area (Å²) in [5.41, 5.74) is -3.96. The van der Waals surface area contributed by atoms with Gasteiger partial charge in [0, 0.05) is 60.7 Å². The first-order valence-corrected chi connectivity index (χ1v) is 39.2. The number of Topliss-reactive ketones (excluding diaryl/α,β-unsaturated/α-hetero) is 2. The Labute approximate surface area is 621 Å². The summed E-state index contributed by atoms with van der Waals surface area (Å²) in [5, 5.41) is 17.5. The van der Waals surface area contributed by atoms with Gasteiger partial charge in [0.05, 0.1) is 63.1 Å². The maximum Gasteiger partial charge on any atom is 0.362 e. The summed E-state index contributed by atoms with van der Waals surface area (Å²) in [6.45, 7) is 8.12. The average molecular weight is 1550 g/mol. The molecular formula is C74H100F4N6O21S2. The van der Waals surface area contributed by atoms with E-state index in [2.05, 4.69) is 23.5 Å². The Morgan fingerprint density at radius 1 is 0.589 bits per heavy atom. The number of alkyl halides is 4. The van der Waals surface area contributed by atoms with Crippen molar-refractivity contribution >= 4 is 89.3 Å². The molecule has 2 aliphatic carbocycles. The third-order valence-electron chi connectivity index (χ3n) is 20.1. The molecule has 0 spiro atoms. The number of esters is 2. The third-order valence-corrected chi connectivity index (χ3v) is 21.4. The minimum Gasteiger partial charge on any atom is -0.497 e. The zero-order valence-corrected chi connectivity index (χ0v) is 63.4. The molecule has 6 aliphatic rings. The van der Waals surface area contributed by atoms with E-state index in [1.54, 1.807) is 96.0 Å². The van der Waals surface area contributed by atoms with Crippen LogP contribution in [0.25, 0.3) is 21.5 Å². The van der Waals surface area contributed by atoms with Gasteiger partial charge in [0.25, 0.3) is 12.9 Å². The summed E-state index contributed by atoms with van der Waals surface area (Å²) >= 11 is 0. The van der Waals surface area contributed by atoms with Gasteiger partial charge in [0.15, 0.2) is 11.6 Å². The van der Waals surface area contributed by atoms with Crippen LogP contribution in [0.2, 0.25) is 0 Å². The Morgan fingerprint density at radius 2 is 0.981 bits per heavy atom. The van der Waals surface area contributed by atoms with Crippen molar-refractivity contribution in [2.75, 3.05) is 40.5 Å². The van der Waals surface area contributed by atoms with E-state index in [0.717, 1.165) is 80.4 Å². The fraction of sp³-hybridized carbons (Fsp3) is 0.649. The molecule has 592 valence electrons. The van der Waals surface area contributed by atoms with Gasteiger partial charge in [-0.05, 0) is 151 Å². The van der Waals surface area contributed by atoms with Gasteiger partial charge < -0.3 is 43.3 Å². The fourth-order valence-corrected chi connectivity index (χ4v) is 15.9. The van der Waals surface area contributed by atoms with Crippen LogP contribution < -0.4 is 28.8 Å². The first kappa shape index (κ1) is 84.7. The van der Waals surface area contributed by atoms with Crippen molar-refractivity contribution in [2.24, 2.45) is 39.6 Å². The number of ether oxygens (including phenoxy) is 6. The minimum absolute atomic E-state index is 0.00719. The first-order chi connectivity index (χ1) is 50.3. The second-order valence-corrected chi connectivity index (χ2v) is 33.0. The molecule has 0 unspecified atom stereocenters. The normalized spacial score (nSPS) is 25.6. The number of benzene rings is 2. The van der Waals surface area contributed by atoms with Crippen molar-refractivity contribution in [3.8, 4) is 23.3 Å². The van der Waals surface area contributed by atoms with E-state index in [1.807, 2.05) is 30.3 Å². The van der Waals surface area contributed by atoms with Crippen molar-refractivity contribution < 1.29 is 115 Å². The molecular weight excluding hydrogens is 1450 g/mol. The molecule has 2 aromatic heterocycles. The molecule has 6 fully saturated rings. The van der Waals surface area contributed by atoms with Crippen LogP contribution in [0.4, 0.5) is 17.6 Å². The highest BCUT2D eigenvalue weighted by molar-refractivity contribution is 7.85. The van der Waals surface area contributed by atoms with E-state index in [0.29, 0.717) is 54.9 Å². The topological polar surface area (TPSA) is 369 Å². The lowest BCUT2D eigenvalue weighted by Crippen LogP contribution is -2.46. The van der Waals surface area contributed by atoms with Crippen molar-refractivity contribution in [1.29, 1.82) is 0 Å². The van der Waals surface area contributed by atoms with Gasteiger partial charge in [-0.2, -0.15) is 16.8 Å². The highest BCUT2D eigenvalue weighted by Gasteiger charge is 2.63. The molecule has 4 aromatic rings. The third kappa shape index (κ3) is 24.3. The lowest BCUT2D eigenvalue weighted by Gasteiger charge is -2.29. The van der Waals surface area contributed by atoms with Crippen molar-refractivity contribution in [1.82, 2.24) is 24.5 Å². The molecule has 33 heteroatoms. The summed E-state index contributed by atoms with van der Waals surface area (Å²) in [7, 11) is -5.92. The molecule has 2 saturated carbocycles. The molecule has 10 rings (SSSR count). The number of aliphatic carboxylic acids is 1. The van der Waals surface area contributed by atoms with Gasteiger partial charge in [0.1, 0.15) is 48.1 Å². The zero-order chi connectivity index (χ0) is 78.4. The first-order valence-electron chi connectivity index (χ1n) is 36.3. The number of fused-ring (bicyclic) bond motifs is 6. The van der Waals surface area contributed by atoms with Gasteiger partial charge in [-0.15, -0.1) is 0 Å². The quantitative estimate of drug-likeness (QED) is 0.0580. The Morgan fingerprint density at radius 3 is 1.37 bits per heavy atom. The maximum atomic E-state index is 14.5. The summed E-state index contributed by atoms with van der Waals surface area (Å²) in [6.07, 6.45) is 6.93. The summed E-state index contributed by atoms with van der Waals surface area (Å²) in [5.74, 6) is -4.16. The van der Waals surface area contributed by atoms with Crippen molar-refractivity contribution in [3.05, 3.63) is 60.9 Å². The molecule has 0 radical (unpaired) electrons. The predicted molar refractivity (Wildman–Crippen MR) is 380 cm³/mol. The molecule has 4 aliphatic heterocycles. The summed E-state index contributed by atoms with van der Waals surface area (Å²) in [4.78, 5) is 121. The Hall–Kier alpha value is -7.88. The fourth-order valence-electron chi connectivity index (χ4n) is 14.8. The molecule has 0 bridgehead atoms. The number of rotatable bonds is 19. The number of halogens is 4. The smallest absolute Gasteiger partial charge is 0.362 e. The molecule has 107 heavy (non-hydrogen) atoms. The molecule has 27 nitrogen and oxygen atoms in total. The Kier molecular flexibility index (Phi) is 28.9. The number of nitrogens with zero attached hydrogens (tertiary/aromatic N) is 4. The van der Waals surface area contributed by atoms with E-state index in [9.17, 15) is 77.9 Å². The number of ketones is 2. The van der Waals surface area contributed by atoms with E-state index >= 15 is 0 Å². The number of nitrogens with one attached hydrogen (secondary N) is 1. The second kappa shape index (κ2) is 36.6. The second-order valence-electron chi connectivity index (χ2n) is 30.5. The largest absolute Gasteiger partial charge is 0.497 e. The minimum atomic E-state index is -4.88. The highest BCUT2D eigenvalue weighted by atomic mass is 32.2. The van der Waals surface area contributed by atoms with Crippen molar-refractivity contribution in [3.63, 3.8) is 0 Å². The van der Waals surface area contributed by atoms with Crippen LogP contribution >= 0.6 is 0 Å². The van der Waals surface area contributed by atoms with Crippen LogP contribution in [-0.4, -0.2) is 178 Å². The predicted octanol–water partition coefficient (Wildman–Crippen LogP) is 10.5. The molecule has 3 amide bonds. The number of amides is 3. The number of hydrogen-bond acceptors (Lipinski definition) is 22. The standard InChI is InChI=1S/C37H49F2N3O10S.C35H46N2O8.C2H5F2NO3S/c1-36(2,3)52-32(44)17-24-10-8-6-5-7-9-11-25-19-37(25,35(46)41-53(47,48)50-22-31(38)39)20-30(43)29-18-27(21-42(29)34(24)45)51-33-28-13-12-26(49-4)16-23(28)14-15-40-33;1-34(2,3)45-30(39)17-23-10-8-6-5-7-9-11-24-19-35(24,33(41)42)20-29(38)28-18-26(21-37(28)32(23)40)44-31-27-13-12-25(43-4)16-22(27)14-15-36-31;3-2(4)1-8-9(5,6)7/h12-16,24-25,27,29,31H,5-11,17-22H2,1-4H3,(H,41,46);12-16,23-24,26,28H,5-11,17-21H2,1-4H3,(H,41,42);2H,1H2,(H2,5,6,7)/t24-,25-,27-,29+,37-;23-,24-,26-,28+,35-;/m11./s1. The molecule has 4 N–H and O–H groups in total. The maximum absolute atomic E-state index is 14.5. The van der Waals surface area contributed by atoms with Crippen LogP contribution in [0.15, 0.2) is 60.9 Å². The number of aromatic nitrogens is 2. The van der Waals surface area contributed by atoms with Crippen molar-refractivity contribution in [2.45, 2.75) is 231 Å². The molecule has 4 saturated heterocycles. The van der Waals surface area contributed by atoms with Crippen LogP contribution in [0.1, 0.15) is 183 Å². The monoisotopic (exact) mass is 1550 g/mol. The van der Waals surface area contributed by atoms with Crippen LogP contribution in [0, 0.1) is 34.5 Å². The van der Waals surface area contributed by atoms with Crippen LogP contribution in [0.5, 0.6) is 23.3 Å². The lowest BCUT2D eigenvalue weighted by atomic mass is 9.90. The van der Waals surface area contributed by atoms with Gasteiger partial charge in [-0.1, -0.05) is 64.2 Å². The number of carbonyl (C=O) groups is 8. The van der Waals surface area contributed by atoms with Gasteiger partial charge in [0.2, 0.25) is 29.5 Å². The Balaban J connectivity index is 0.000000244. The number of carboxylic acids is 1. The van der Waals surface area contributed by atoms with E-state index in [1.165, 1.54) is 4.90 Å². The summed E-state index contributed by atoms with van der Waals surface area (Å²) in [6, 6.07) is 12.7. The van der Waals surface area contributed by atoms with Gasteiger partial charge in [-0.25, -0.2) is 41.6 Å². The summed E-state index contributed by atoms with van der Waals surface area (Å²) < 4.78 is 136. The lowest BCUT2D eigenvalue weighted by molar-refractivity contribution is -0.159. The number of methoxy groups -OCH3 is 2. The number of nitrogens with two attached hydrogens (primary N) is 1. The average Bonchev–Trinajstić information content (AvgIpc) is 1.58. The number of hydrogen-bond donors (Lipinski definition) is 3. The number of pyridine rings is 2. The highest BCUT2D eigenvalue weighted by Crippen LogP contribution is 2.60. The van der Waals surface area contributed by atoms with E-state index in [-0.39, 0.29) is 81.0 Å². The van der Waals surface area contributed by atoms with E-state index < -0.39 is 147 Å². The van der Waals surface area contributed by atoms with Crippen LogP contribution in [0.3, 0.4) is 0 Å². The molecule has 2 aromatic carbocycles. The van der Waals surface area contributed by atoms with Gasteiger partial charge in [-0.3, -0.25) is 42.5 Å². The van der Waals surface area contributed by atoms with Gasteiger partial charge >= 0.3 is 38.5 Å². The molecule has 6 heterocycles. The van der Waals surface area contributed by atoms with E-state index in [4.69, 9.17) is 28.4 Å². The number of carboxylic acid groups (broad SMARTS) is 1. The Bertz CT molecular complexity index is 4070. The van der Waals surface area contributed by atoms with Crippen LogP contribution in [-0.2, 0) is 76.8 Å². The molecule has 10 atom stereocenters. The number of carbonyl (C=O) groups excluding carboxylic acids is 7. The SMILES string of the molecule is COc1ccc2c(O[C@@H]3C[C@H]4C(=O)C[C@]5(C(=O)NS(=O)(=O)OCC(F)F)C[C@H]5CCCCCCC[C@H](CC(=O)OC(C)(C)C)C(=O)N4C3)nccc2c1.COc1ccc2c(O[C@@H]3C[C@H]4C(=O)C[C@]5(C(=O)O)C[C@H]5CCCCCCC[C@H](CC(=O)OC(C)(C)C)C(=O)N4C3)nccc2c1.NS(=O)(=O)OCC(F)F. The zero-order valence-electron chi connectivity index (χ0n) is 61.7.